The van der Waals surface area contributed by atoms with Gasteiger partial charge >= 0.3 is 0 Å². The maximum Gasteiger partial charge on any atom is 0.274 e. The fourth-order valence-corrected chi connectivity index (χ4v) is 1.90. The fourth-order valence-electron chi connectivity index (χ4n) is 1.90. The molecule has 8 heteroatoms. The maximum atomic E-state index is 13.7. The number of rotatable bonds is 4. The largest absolute Gasteiger partial charge is 0.454 e. The first-order valence-corrected chi connectivity index (χ1v) is 6.77. The van der Waals surface area contributed by atoms with Gasteiger partial charge in [0.05, 0.1) is 12.4 Å². The Hall–Kier alpha value is -3.42. The molecule has 3 aromatic rings. The van der Waals surface area contributed by atoms with Gasteiger partial charge in [-0.2, -0.15) is 4.39 Å². The smallest absolute Gasteiger partial charge is 0.274 e. The second-order valence-corrected chi connectivity index (χ2v) is 4.65. The first kappa shape index (κ1) is 15.5. The molecular formula is C16H10F2N4O2. The quantitative estimate of drug-likeness (QED) is 0.744. The highest BCUT2D eigenvalue weighted by Crippen LogP contribution is 2.25. The van der Waals surface area contributed by atoms with Gasteiger partial charge in [-0.3, -0.25) is 4.79 Å². The molecule has 1 aromatic carbocycles. The lowest BCUT2D eigenvalue weighted by Gasteiger charge is -2.09. The van der Waals surface area contributed by atoms with Gasteiger partial charge in [-0.05, 0) is 18.2 Å². The van der Waals surface area contributed by atoms with Crippen molar-refractivity contribution in [2.45, 2.75) is 0 Å². The molecule has 2 heterocycles. The molecular weight excluding hydrogens is 318 g/mol. The number of hydrogen-bond donors (Lipinski definition) is 1. The van der Waals surface area contributed by atoms with Gasteiger partial charge in [0.2, 0.25) is 5.95 Å². The number of aromatic nitrogens is 3. The number of amides is 1. The van der Waals surface area contributed by atoms with E-state index in [9.17, 15) is 13.6 Å². The van der Waals surface area contributed by atoms with Gasteiger partial charge in [0.25, 0.3) is 5.91 Å². The molecule has 6 nitrogen and oxygen atoms in total. The minimum absolute atomic E-state index is 0.127. The van der Waals surface area contributed by atoms with Crippen LogP contribution in [0.25, 0.3) is 0 Å². The van der Waals surface area contributed by atoms with Crippen molar-refractivity contribution in [3.63, 3.8) is 0 Å². The average molecular weight is 328 g/mol. The number of hydrogen-bond acceptors (Lipinski definition) is 5. The highest BCUT2D eigenvalue weighted by molar-refractivity contribution is 6.02. The SMILES string of the molecule is O=C(Nc1cc(F)cc(Oc2cncnc2)c1)c1cccc(F)n1. The van der Waals surface area contributed by atoms with E-state index in [4.69, 9.17) is 4.74 Å². The highest BCUT2D eigenvalue weighted by Gasteiger charge is 2.11. The Morgan fingerprint density at radius 2 is 1.83 bits per heavy atom. The normalized spacial score (nSPS) is 10.2. The Kier molecular flexibility index (Phi) is 4.37. The summed E-state index contributed by atoms with van der Waals surface area (Å²) in [5, 5.41) is 2.43. The molecule has 120 valence electrons. The number of ether oxygens (including phenoxy) is 1. The van der Waals surface area contributed by atoms with E-state index in [1.54, 1.807) is 0 Å². The van der Waals surface area contributed by atoms with Crippen LogP contribution in [-0.2, 0) is 0 Å². The van der Waals surface area contributed by atoms with Gasteiger partial charge in [0.15, 0.2) is 5.75 Å². The minimum atomic E-state index is -0.782. The molecule has 0 saturated carbocycles. The van der Waals surface area contributed by atoms with E-state index < -0.39 is 17.7 Å². The van der Waals surface area contributed by atoms with Gasteiger partial charge in [-0.1, -0.05) is 6.07 Å². The lowest BCUT2D eigenvalue weighted by Crippen LogP contribution is -2.14. The molecule has 0 atom stereocenters. The summed E-state index contributed by atoms with van der Waals surface area (Å²) in [6, 6.07) is 7.47. The number of anilines is 1. The fraction of sp³-hybridized carbons (Fsp3) is 0. The Balaban J connectivity index is 1.80. The summed E-state index contributed by atoms with van der Waals surface area (Å²) >= 11 is 0. The van der Waals surface area contributed by atoms with Crippen molar-refractivity contribution in [3.8, 4) is 11.5 Å². The van der Waals surface area contributed by atoms with Crippen LogP contribution in [0.1, 0.15) is 10.5 Å². The molecule has 0 aliphatic heterocycles. The molecule has 1 amide bonds. The maximum absolute atomic E-state index is 13.7. The van der Waals surface area contributed by atoms with Crippen LogP contribution < -0.4 is 10.1 Å². The Labute approximate surface area is 135 Å². The van der Waals surface area contributed by atoms with Crippen LogP contribution in [0.15, 0.2) is 55.1 Å². The summed E-state index contributed by atoms with van der Waals surface area (Å²) in [6.07, 6.45) is 4.15. The molecule has 1 N–H and O–H groups in total. The number of halogens is 2. The summed E-state index contributed by atoms with van der Waals surface area (Å²) in [7, 11) is 0. The molecule has 0 saturated heterocycles. The predicted molar refractivity (Wildman–Crippen MR) is 80.7 cm³/mol. The number of carbonyl (C=O) groups is 1. The van der Waals surface area contributed by atoms with Crippen molar-refractivity contribution in [2.75, 3.05) is 5.32 Å². The number of nitrogens with one attached hydrogen (secondary N) is 1. The first-order valence-electron chi connectivity index (χ1n) is 6.77. The monoisotopic (exact) mass is 328 g/mol. The molecule has 0 bridgehead atoms. The van der Waals surface area contributed by atoms with Crippen LogP contribution in [0.4, 0.5) is 14.5 Å². The van der Waals surface area contributed by atoms with Gasteiger partial charge in [0, 0.05) is 17.8 Å². The van der Waals surface area contributed by atoms with Crippen molar-refractivity contribution in [1.82, 2.24) is 15.0 Å². The highest BCUT2D eigenvalue weighted by atomic mass is 19.1. The average Bonchev–Trinajstić information content (AvgIpc) is 2.55. The molecule has 0 aliphatic rings. The Morgan fingerprint density at radius 3 is 2.58 bits per heavy atom. The van der Waals surface area contributed by atoms with Crippen molar-refractivity contribution >= 4 is 11.6 Å². The zero-order valence-corrected chi connectivity index (χ0v) is 12.1. The predicted octanol–water partition coefficient (Wildman–Crippen LogP) is 3.19. The van der Waals surface area contributed by atoms with Gasteiger partial charge < -0.3 is 10.1 Å². The van der Waals surface area contributed by atoms with Crippen LogP contribution in [-0.4, -0.2) is 20.9 Å². The second-order valence-electron chi connectivity index (χ2n) is 4.65. The molecule has 0 fully saturated rings. The standard InChI is InChI=1S/C16H10F2N4O2/c17-10-4-11(21-16(23)14-2-1-3-15(18)22-14)6-12(5-10)24-13-7-19-9-20-8-13/h1-9H,(H,21,23). The molecule has 24 heavy (non-hydrogen) atoms. The lowest BCUT2D eigenvalue weighted by molar-refractivity contribution is 0.102. The van der Waals surface area contributed by atoms with E-state index in [1.807, 2.05) is 0 Å². The van der Waals surface area contributed by atoms with Crippen LogP contribution >= 0.6 is 0 Å². The van der Waals surface area contributed by atoms with E-state index in [-0.39, 0.29) is 17.1 Å². The topological polar surface area (TPSA) is 77.0 Å². The zero-order chi connectivity index (χ0) is 16.9. The summed E-state index contributed by atoms with van der Waals surface area (Å²) < 4.78 is 32.2. The molecule has 2 aromatic heterocycles. The number of pyridine rings is 1. The van der Waals surface area contributed by atoms with E-state index in [2.05, 4.69) is 20.3 Å². The number of nitrogens with zero attached hydrogens (tertiary/aromatic N) is 3. The third kappa shape index (κ3) is 3.86. The summed E-state index contributed by atoms with van der Waals surface area (Å²) in [6.45, 7) is 0. The van der Waals surface area contributed by atoms with E-state index in [0.29, 0.717) is 5.75 Å². The van der Waals surface area contributed by atoms with Crippen molar-refractivity contribution in [1.29, 1.82) is 0 Å². The minimum Gasteiger partial charge on any atom is -0.454 e. The summed E-state index contributed by atoms with van der Waals surface area (Å²) in [4.78, 5) is 23.0. The van der Waals surface area contributed by atoms with Crippen LogP contribution in [0, 0.1) is 11.8 Å². The van der Waals surface area contributed by atoms with Gasteiger partial charge in [-0.15, -0.1) is 0 Å². The van der Waals surface area contributed by atoms with Gasteiger partial charge in [0.1, 0.15) is 23.6 Å². The van der Waals surface area contributed by atoms with Crippen molar-refractivity contribution in [3.05, 3.63) is 72.6 Å². The molecule has 0 unspecified atom stereocenters. The zero-order valence-electron chi connectivity index (χ0n) is 12.1. The molecule has 0 spiro atoms. The lowest BCUT2D eigenvalue weighted by atomic mass is 10.2. The van der Waals surface area contributed by atoms with E-state index >= 15 is 0 Å². The van der Waals surface area contributed by atoms with Crippen LogP contribution in [0.2, 0.25) is 0 Å². The first-order chi connectivity index (χ1) is 11.6. The van der Waals surface area contributed by atoms with E-state index in [0.717, 1.165) is 18.2 Å². The van der Waals surface area contributed by atoms with E-state index in [1.165, 1.54) is 36.9 Å². The Morgan fingerprint density at radius 1 is 1.04 bits per heavy atom. The third-order valence-electron chi connectivity index (χ3n) is 2.85. The molecule has 0 aliphatic carbocycles. The molecule has 0 radical (unpaired) electrons. The molecule has 3 rings (SSSR count). The number of benzene rings is 1. The van der Waals surface area contributed by atoms with Crippen molar-refractivity contribution in [2.24, 2.45) is 0 Å². The summed E-state index contributed by atoms with van der Waals surface area (Å²) in [5.41, 5.74) is 0.0103. The van der Waals surface area contributed by atoms with Crippen LogP contribution in [0.3, 0.4) is 0 Å². The van der Waals surface area contributed by atoms with Crippen LogP contribution in [0.5, 0.6) is 11.5 Å². The third-order valence-corrected chi connectivity index (χ3v) is 2.85. The van der Waals surface area contributed by atoms with Crippen molar-refractivity contribution < 1.29 is 18.3 Å². The number of carbonyl (C=O) groups excluding carboxylic acids is 1. The van der Waals surface area contributed by atoms with Gasteiger partial charge in [-0.25, -0.2) is 19.3 Å². The second kappa shape index (κ2) is 6.78. The Bertz CT molecular complexity index is 875. The summed E-state index contributed by atoms with van der Waals surface area (Å²) in [5.74, 6) is -1.62.